The van der Waals surface area contributed by atoms with E-state index in [1.54, 1.807) is 36.2 Å². The standard InChI is InChI=1S/C21H23NO4/c1-22(15-16-7-9-17(10-8-16)19(23)24)20(25)21(11-13-26-14-12-21)18-5-3-2-4-6-18/h2-10H,11-15H2,1H3,(H,23,24). The first-order chi connectivity index (χ1) is 12.5. The van der Waals surface area contributed by atoms with Crippen LogP contribution in [0.4, 0.5) is 0 Å². The maximum atomic E-state index is 13.4. The highest BCUT2D eigenvalue weighted by atomic mass is 16.5. The predicted molar refractivity (Wildman–Crippen MR) is 98.0 cm³/mol. The number of carbonyl (C=O) groups is 2. The zero-order valence-corrected chi connectivity index (χ0v) is 14.9. The molecule has 0 aromatic heterocycles. The Morgan fingerprint density at radius 2 is 1.65 bits per heavy atom. The van der Waals surface area contributed by atoms with Crippen molar-refractivity contribution in [3.8, 4) is 0 Å². The van der Waals surface area contributed by atoms with E-state index in [9.17, 15) is 9.59 Å². The SMILES string of the molecule is CN(Cc1ccc(C(=O)O)cc1)C(=O)C1(c2ccccc2)CCOCC1. The van der Waals surface area contributed by atoms with Crippen molar-refractivity contribution in [1.29, 1.82) is 0 Å². The van der Waals surface area contributed by atoms with E-state index in [1.807, 2.05) is 30.3 Å². The maximum Gasteiger partial charge on any atom is 0.335 e. The van der Waals surface area contributed by atoms with Gasteiger partial charge in [0.05, 0.1) is 11.0 Å². The molecule has 2 aromatic carbocycles. The fourth-order valence-corrected chi connectivity index (χ4v) is 3.57. The van der Waals surface area contributed by atoms with Gasteiger partial charge in [-0.3, -0.25) is 4.79 Å². The molecular weight excluding hydrogens is 330 g/mol. The number of likely N-dealkylation sites (N-methyl/N-ethyl adjacent to an activating group) is 1. The van der Waals surface area contributed by atoms with Crippen molar-refractivity contribution in [1.82, 2.24) is 4.90 Å². The molecule has 0 spiro atoms. The fourth-order valence-electron chi connectivity index (χ4n) is 3.57. The normalized spacial score (nSPS) is 16.0. The number of benzene rings is 2. The summed E-state index contributed by atoms with van der Waals surface area (Å²) in [7, 11) is 1.80. The molecule has 0 radical (unpaired) electrons. The van der Waals surface area contributed by atoms with E-state index in [0.717, 1.165) is 11.1 Å². The topological polar surface area (TPSA) is 66.8 Å². The van der Waals surface area contributed by atoms with E-state index in [1.165, 1.54) is 0 Å². The Morgan fingerprint density at radius 1 is 1.04 bits per heavy atom. The van der Waals surface area contributed by atoms with Gasteiger partial charge >= 0.3 is 5.97 Å². The van der Waals surface area contributed by atoms with Gasteiger partial charge in [-0.05, 0) is 36.1 Å². The highest BCUT2D eigenvalue weighted by Crippen LogP contribution is 2.36. The molecule has 5 heteroatoms. The highest BCUT2D eigenvalue weighted by molar-refractivity contribution is 5.89. The van der Waals surface area contributed by atoms with Gasteiger partial charge in [0.15, 0.2) is 0 Å². The van der Waals surface area contributed by atoms with E-state index in [0.29, 0.717) is 32.6 Å². The summed E-state index contributed by atoms with van der Waals surface area (Å²) in [4.78, 5) is 26.1. The molecule has 136 valence electrons. The highest BCUT2D eigenvalue weighted by Gasteiger charge is 2.43. The van der Waals surface area contributed by atoms with Gasteiger partial charge in [0, 0.05) is 26.8 Å². The van der Waals surface area contributed by atoms with Crippen LogP contribution < -0.4 is 0 Å². The molecule has 5 nitrogen and oxygen atoms in total. The third-order valence-corrected chi connectivity index (χ3v) is 5.05. The molecule has 1 heterocycles. The van der Waals surface area contributed by atoms with Crippen molar-refractivity contribution >= 4 is 11.9 Å². The van der Waals surface area contributed by atoms with Crippen molar-refractivity contribution in [2.45, 2.75) is 24.8 Å². The van der Waals surface area contributed by atoms with Crippen LogP contribution in [0.5, 0.6) is 0 Å². The fraction of sp³-hybridized carbons (Fsp3) is 0.333. The molecule has 1 aliphatic rings. The van der Waals surface area contributed by atoms with Crippen molar-refractivity contribution < 1.29 is 19.4 Å². The summed E-state index contributed by atoms with van der Waals surface area (Å²) in [6, 6.07) is 16.6. The summed E-state index contributed by atoms with van der Waals surface area (Å²) in [6.45, 7) is 1.58. The third kappa shape index (κ3) is 3.63. The Bertz CT molecular complexity index is 764. The lowest BCUT2D eigenvalue weighted by Crippen LogP contribution is -2.48. The van der Waals surface area contributed by atoms with Crippen molar-refractivity contribution in [3.63, 3.8) is 0 Å². The molecule has 0 unspecified atom stereocenters. The molecule has 1 aliphatic heterocycles. The zero-order chi connectivity index (χ0) is 18.6. The van der Waals surface area contributed by atoms with Crippen LogP contribution in [-0.4, -0.2) is 42.1 Å². The van der Waals surface area contributed by atoms with Gasteiger partial charge in [-0.15, -0.1) is 0 Å². The molecular formula is C21H23NO4. The average Bonchev–Trinajstić information content (AvgIpc) is 2.69. The van der Waals surface area contributed by atoms with Gasteiger partial charge in [-0.1, -0.05) is 42.5 Å². The van der Waals surface area contributed by atoms with Crippen LogP contribution in [-0.2, 0) is 21.5 Å². The number of amides is 1. The smallest absolute Gasteiger partial charge is 0.335 e. The Morgan fingerprint density at radius 3 is 2.23 bits per heavy atom. The van der Waals surface area contributed by atoms with Gasteiger partial charge in [-0.25, -0.2) is 4.79 Å². The van der Waals surface area contributed by atoms with Crippen LogP contribution in [0.15, 0.2) is 54.6 Å². The van der Waals surface area contributed by atoms with Gasteiger partial charge in [0.25, 0.3) is 0 Å². The number of carboxylic acid groups (broad SMARTS) is 1. The summed E-state index contributed by atoms with van der Waals surface area (Å²) in [6.07, 6.45) is 1.33. The largest absolute Gasteiger partial charge is 0.478 e. The first kappa shape index (κ1) is 18.1. The second-order valence-electron chi connectivity index (χ2n) is 6.72. The van der Waals surface area contributed by atoms with E-state index in [4.69, 9.17) is 9.84 Å². The minimum Gasteiger partial charge on any atom is -0.478 e. The zero-order valence-electron chi connectivity index (χ0n) is 14.9. The quantitative estimate of drug-likeness (QED) is 0.897. The van der Waals surface area contributed by atoms with Crippen LogP contribution >= 0.6 is 0 Å². The van der Waals surface area contributed by atoms with Gasteiger partial charge < -0.3 is 14.7 Å². The number of rotatable bonds is 5. The minimum absolute atomic E-state index is 0.0781. The first-order valence-corrected chi connectivity index (χ1v) is 8.74. The number of ether oxygens (including phenoxy) is 1. The van der Waals surface area contributed by atoms with Crippen molar-refractivity contribution in [2.75, 3.05) is 20.3 Å². The molecule has 0 aliphatic carbocycles. The van der Waals surface area contributed by atoms with E-state index in [-0.39, 0.29) is 11.5 Å². The molecule has 1 amide bonds. The maximum absolute atomic E-state index is 13.4. The molecule has 1 saturated heterocycles. The Balaban J connectivity index is 1.81. The summed E-state index contributed by atoms with van der Waals surface area (Å²) in [5.41, 5.74) is 1.62. The second kappa shape index (κ2) is 7.70. The molecule has 1 fully saturated rings. The summed E-state index contributed by atoms with van der Waals surface area (Å²) < 4.78 is 5.50. The number of aromatic carboxylic acids is 1. The molecule has 26 heavy (non-hydrogen) atoms. The lowest BCUT2D eigenvalue weighted by molar-refractivity contribution is -0.140. The molecule has 0 saturated carbocycles. The Hall–Kier alpha value is -2.66. The average molecular weight is 353 g/mol. The predicted octanol–water partition coefficient (Wildman–Crippen LogP) is 3.09. The number of nitrogens with zero attached hydrogens (tertiary/aromatic N) is 1. The molecule has 0 atom stereocenters. The summed E-state index contributed by atoms with van der Waals surface area (Å²) in [5, 5.41) is 9.00. The van der Waals surface area contributed by atoms with Crippen molar-refractivity contribution in [2.24, 2.45) is 0 Å². The summed E-state index contributed by atoms with van der Waals surface area (Å²) in [5.74, 6) is -0.875. The lowest BCUT2D eigenvalue weighted by atomic mass is 9.73. The van der Waals surface area contributed by atoms with Crippen LogP contribution in [0.1, 0.15) is 34.3 Å². The number of carboxylic acids is 1. The van der Waals surface area contributed by atoms with E-state index < -0.39 is 11.4 Å². The van der Waals surface area contributed by atoms with Crippen LogP contribution in [0.2, 0.25) is 0 Å². The van der Waals surface area contributed by atoms with Gasteiger partial charge in [0.1, 0.15) is 0 Å². The van der Waals surface area contributed by atoms with Gasteiger partial charge in [-0.2, -0.15) is 0 Å². The van der Waals surface area contributed by atoms with Crippen molar-refractivity contribution in [3.05, 3.63) is 71.3 Å². The monoisotopic (exact) mass is 353 g/mol. The first-order valence-electron chi connectivity index (χ1n) is 8.74. The molecule has 2 aromatic rings. The number of hydrogen-bond donors (Lipinski definition) is 1. The van der Waals surface area contributed by atoms with Crippen LogP contribution in [0.25, 0.3) is 0 Å². The minimum atomic E-state index is -0.953. The van der Waals surface area contributed by atoms with E-state index >= 15 is 0 Å². The third-order valence-electron chi connectivity index (χ3n) is 5.05. The van der Waals surface area contributed by atoms with E-state index in [2.05, 4.69) is 0 Å². The molecule has 0 bridgehead atoms. The molecule has 1 N–H and O–H groups in total. The van der Waals surface area contributed by atoms with Crippen LogP contribution in [0.3, 0.4) is 0 Å². The second-order valence-corrected chi connectivity index (χ2v) is 6.72. The Kier molecular flexibility index (Phi) is 5.38. The molecule has 3 rings (SSSR count). The van der Waals surface area contributed by atoms with Crippen LogP contribution in [0, 0.1) is 0 Å². The lowest BCUT2D eigenvalue weighted by Gasteiger charge is -2.39. The number of carbonyl (C=O) groups excluding carboxylic acids is 1. The Labute approximate surface area is 153 Å². The summed E-state index contributed by atoms with van der Waals surface area (Å²) >= 11 is 0. The number of hydrogen-bond acceptors (Lipinski definition) is 3. The van der Waals surface area contributed by atoms with Gasteiger partial charge in [0.2, 0.25) is 5.91 Å².